The summed E-state index contributed by atoms with van der Waals surface area (Å²) in [7, 11) is 0. The van der Waals surface area contributed by atoms with E-state index in [9.17, 15) is 4.79 Å². The fourth-order valence-corrected chi connectivity index (χ4v) is 1.24. The molecule has 15 heavy (non-hydrogen) atoms. The van der Waals surface area contributed by atoms with Gasteiger partial charge in [-0.15, -0.1) is 0 Å². The van der Waals surface area contributed by atoms with Gasteiger partial charge in [-0.05, 0) is 13.0 Å². The normalized spacial score (nSPS) is 10.0. The lowest BCUT2D eigenvalue weighted by atomic mass is 10.2. The number of carbonyl (C=O) groups excluding carboxylic acids is 1. The molecule has 4 nitrogen and oxygen atoms in total. The van der Waals surface area contributed by atoms with E-state index in [0.29, 0.717) is 13.1 Å². The van der Waals surface area contributed by atoms with Crippen molar-refractivity contribution >= 4 is 5.91 Å². The Labute approximate surface area is 92.3 Å². The summed E-state index contributed by atoms with van der Waals surface area (Å²) in [6, 6.07) is 2.05. The van der Waals surface area contributed by atoms with E-state index < -0.39 is 0 Å². The van der Waals surface area contributed by atoms with Crippen LogP contribution in [0.25, 0.3) is 0 Å². The van der Waals surface area contributed by atoms with Crippen LogP contribution in [0.1, 0.15) is 33.1 Å². The highest BCUT2D eigenvalue weighted by molar-refractivity contribution is 5.77. The average Bonchev–Trinajstić information content (AvgIpc) is 2.24. The van der Waals surface area contributed by atoms with Gasteiger partial charge in [-0.3, -0.25) is 9.69 Å². The third-order valence-corrected chi connectivity index (χ3v) is 2.21. The van der Waals surface area contributed by atoms with Crippen LogP contribution in [-0.2, 0) is 4.79 Å². The lowest BCUT2D eigenvalue weighted by Crippen LogP contribution is -2.37. The first-order valence-electron chi connectivity index (χ1n) is 5.60. The predicted molar refractivity (Wildman–Crippen MR) is 60.3 cm³/mol. The van der Waals surface area contributed by atoms with Crippen LogP contribution in [0.3, 0.4) is 0 Å². The number of rotatable bonds is 8. The molecule has 0 rings (SSSR count). The number of amides is 1. The summed E-state index contributed by atoms with van der Waals surface area (Å²) < 4.78 is 0. The van der Waals surface area contributed by atoms with E-state index in [1.807, 2.05) is 17.9 Å². The van der Waals surface area contributed by atoms with Crippen molar-refractivity contribution in [2.24, 2.45) is 0 Å². The number of nitrogens with zero attached hydrogens (tertiary/aromatic N) is 2. The summed E-state index contributed by atoms with van der Waals surface area (Å²) in [5, 5.41) is 11.4. The molecular formula is C11H21N3O. The fraction of sp³-hybridized carbons (Fsp3) is 0.818. The van der Waals surface area contributed by atoms with Crippen molar-refractivity contribution in [1.29, 1.82) is 5.26 Å². The summed E-state index contributed by atoms with van der Waals surface area (Å²) in [5.74, 6) is 0.0169. The molecule has 0 bridgehead atoms. The highest BCUT2D eigenvalue weighted by atomic mass is 16.2. The van der Waals surface area contributed by atoms with Gasteiger partial charge in [0.05, 0.1) is 19.2 Å². The molecule has 0 saturated carbocycles. The predicted octanol–water partition coefficient (Wildman–Crippen LogP) is 1.14. The Balaban J connectivity index is 3.58. The number of hydrogen-bond donors (Lipinski definition) is 1. The monoisotopic (exact) mass is 211 g/mol. The van der Waals surface area contributed by atoms with Crippen molar-refractivity contribution in [2.75, 3.05) is 26.2 Å². The third kappa shape index (κ3) is 7.95. The first-order valence-corrected chi connectivity index (χ1v) is 5.60. The first-order chi connectivity index (χ1) is 7.24. The molecule has 1 amide bonds. The quantitative estimate of drug-likeness (QED) is 0.484. The van der Waals surface area contributed by atoms with Crippen LogP contribution in [0, 0.1) is 11.3 Å². The molecule has 0 aliphatic heterocycles. The zero-order valence-corrected chi connectivity index (χ0v) is 9.75. The number of likely N-dealkylation sites (N-methyl/N-ethyl adjacent to an activating group) is 1. The Morgan fingerprint density at radius 3 is 2.67 bits per heavy atom. The summed E-state index contributed by atoms with van der Waals surface area (Å²) in [6.07, 6.45) is 3.34. The van der Waals surface area contributed by atoms with Crippen LogP contribution < -0.4 is 5.32 Å². The molecule has 0 aliphatic carbocycles. The molecule has 0 atom stereocenters. The van der Waals surface area contributed by atoms with E-state index in [2.05, 4.69) is 12.2 Å². The van der Waals surface area contributed by atoms with Gasteiger partial charge in [0.15, 0.2) is 0 Å². The Kier molecular flexibility index (Phi) is 8.79. The highest BCUT2D eigenvalue weighted by Crippen LogP contribution is 1.91. The minimum Gasteiger partial charge on any atom is -0.355 e. The van der Waals surface area contributed by atoms with Crippen molar-refractivity contribution in [2.45, 2.75) is 33.1 Å². The zero-order valence-electron chi connectivity index (χ0n) is 9.75. The maximum absolute atomic E-state index is 11.4. The topological polar surface area (TPSA) is 56.1 Å². The molecule has 1 N–H and O–H groups in total. The number of nitrogens with one attached hydrogen (secondary N) is 1. The largest absolute Gasteiger partial charge is 0.355 e. The van der Waals surface area contributed by atoms with Gasteiger partial charge in [-0.1, -0.05) is 26.7 Å². The first kappa shape index (κ1) is 13.9. The number of hydrogen-bond acceptors (Lipinski definition) is 3. The minimum atomic E-state index is 0.0169. The number of carbonyl (C=O) groups is 1. The van der Waals surface area contributed by atoms with E-state index in [4.69, 9.17) is 5.26 Å². The SMILES string of the molecule is CCCCCNC(=O)CN(CC)CC#N. The van der Waals surface area contributed by atoms with Crippen molar-refractivity contribution < 1.29 is 4.79 Å². The van der Waals surface area contributed by atoms with E-state index in [1.54, 1.807) is 0 Å². The number of unbranched alkanes of at least 4 members (excludes halogenated alkanes) is 2. The lowest BCUT2D eigenvalue weighted by molar-refractivity contribution is -0.122. The van der Waals surface area contributed by atoms with Crippen LogP contribution in [0.4, 0.5) is 0 Å². The van der Waals surface area contributed by atoms with Crippen molar-refractivity contribution in [3.8, 4) is 6.07 Å². The molecule has 0 aromatic carbocycles. The Bertz CT molecular complexity index is 210. The Morgan fingerprint density at radius 1 is 1.40 bits per heavy atom. The van der Waals surface area contributed by atoms with E-state index in [-0.39, 0.29) is 5.91 Å². The van der Waals surface area contributed by atoms with E-state index in [0.717, 1.165) is 32.4 Å². The van der Waals surface area contributed by atoms with Crippen LogP contribution >= 0.6 is 0 Å². The van der Waals surface area contributed by atoms with Gasteiger partial charge >= 0.3 is 0 Å². The van der Waals surface area contributed by atoms with Crippen LogP contribution in [0.15, 0.2) is 0 Å². The Hall–Kier alpha value is -1.08. The minimum absolute atomic E-state index is 0.0169. The Morgan fingerprint density at radius 2 is 2.13 bits per heavy atom. The van der Waals surface area contributed by atoms with Gasteiger partial charge in [0.2, 0.25) is 5.91 Å². The third-order valence-electron chi connectivity index (χ3n) is 2.21. The molecule has 86 valence electrons. The standard InChI is InChI=1S/C11H21N3O/c1-3-5-6-8-13-11(15)10-14(4-2)9-7-12/h3-6,8-10H2,1-2H3,(H,13,15). The summed E-state index contributed by atoms with van der Waals surface area (Å²) >= 11 is 0. The molecule has 0 fully saturated rings. The van der Waals surface area contributed by atoms with Crippen molar-refractivity contribution in [1.82, 2.24) is 10.2 Å². The maximum Gasteiger partial charge on any atom is 0.234 e. The van der Waals surface area contributed by atoms with Gasteiger partial charge in [0.1, 0.15) is 0 Å². The summed E-state index contributed by atoms with van der Waals surface area (Å²) in [5.41, 5.74) is 0. The van der Waals surface area contributed by atoms with Gasteiger partial charge < -0.3 is 5.32 Å². The zero-order chi connectivity index (χ0) is 11.5. The summed E-state index contributed by atoms with van der Waals surface area (Å²) in [4.78, 5) is 13.2. The molecule has 0 unspecified atom stereocenters. The number of nitriles is 1. The second kappa shape index (κ2) is 9.47. The van der Waals surface area contributed by atoms with Crippen LogP contribution in [0.5, 0.6) is 0 Å². The average molecular weight is 211 g/mol. The summed E-state index contributed by atoms with van der Waals surface area (Å²) in [6.45, 7) is 6.21. The molecular weight excluding hydrogens is 190 g/mol. The van der Waals surface area contributed by atoms with Gasteiger partial charge in [-0.25, -0.2) is 0 Å². The van der Waals surface area contributed by atoms with Crippen molar-refractivity contribution in [3.05, 3.63) is 0 Å². The molecule has 0 aliphatic rings. The molecule has 0 radical (unpaired) electrons. The molecule has 0 heterocycles. The van der Waals surface area contributed by atoms with Gasteiger partial charge in [0, 0.05) is 6.54 Å². The van der Waals surface area contributed by atoms with Gasteiger partial charge in [-0.2, -0.15) is 5.26 Å². The highest BCUT2D eigenvalue weighted by Gasteiger charge is 2.07. The molecule has 0 spiro atoms. The van der Waals surface area contributed by atoms with Crippen molar-refractivity contribution in [3.63, 3.8) is 0 Å². The molecule has 0 saturated heterocycles. The molecule has 0 aromatic rings. The smallest absolute Gasteiger partial charge is 0.234 e. The van der Waals surface area contributed by atoms with E-state index >= 15 is 0 Å². The van der Waals surface area contributed by atoms with Crippen LogP contribution in [-0.4, -0.2) is 37.0 Å². The second-order valence-electron chi connectivity index (χ2n) is 3.52. The molecule has 0 aromatic heterocycles. The van der Waals surface area contributed by atoms with Gasteiger partial charge in [0.25, 0.3) is 0 Å². The maximum atomic E-state index is 11.4. The lowest BCUT2D eigenvalue weighted by Gasteiger charge is -2.15. The van der Waals surface area contributed by atoms with Crippen LogP contribution in [0.2, 0.25) is 0 Å². The second-order valence-corrected chi connectivity index (χ2v) is 3.52. The molecule has 4 heteroatoms. The van der Waals surface area contributed by atoms with E-state index in [1.165, 1.54) is 0 Å². The fourth-order valence-electron chi connectivity index (χ4n) is 1.24.